The van der Waals surface area contributed by atoms with Crippen molar-refractivity contribution in [2.75, 3.05) is 22.9 Å². The number of nitrogens with one attached hydrogen (secondary N) is 2. The summed E-state index contributed by atoms with van der Waals surface area (Å²) in [6, 6.07) is 30.8. The van der Waals surface area contributed by atoms with Gasteiger partial charge in [0.25, 0.3) is 10.1 Å². The molecule has 0 radical (unpaired) electrons. The van der Waals surface area contributed by atoms with Crippen LogP contribution in [0.25, 0.3) is 33.3 Å². The van der Waals surface area contributed by atoms with Crippen LogP contribution in [0.5, 0.6) is 11.6 Å². The van der Waals surface area contributed by atoms with Crippen LogP contribution in [0.1, 0.15) is 6.42 Å². The standard InChI is InChI=1S/C32H27N7O4S/c40-44(41,42)21-7-19-34-32-35-20-17-28(37-32)27-12-6-18-33-31(27)43-24-15-13-23(14-16-24)36-30-26-11-5-4-10-25(26)29(38-39-30)22-8-2-1-3-9-22/h1-6,8-18,20H,7,19,21H2,(H,36,39)(H,34,35,37)(H,40,41,42). The first-order valence-corrected chi connectivity index (χ1v) is 15.4. The lowest BCUT2D eigenvalue weighted by Gasteiger charge is -2.13. The Bertz CT molecular complexity index is 2010. The fraction of sp³-hybridized carbons (Fsp3) is 0.0938. The molecular formula is C32H27N7O4S. The van der Waals surface area contributed by atoms with Crippen molar-refractivity contribution < 1.29 is 17.7 Å². The number of nitrogens with zero attached hydrogens (tertiary/aromatic N) is 5. The summed E-state index contributed by atoms with van der Waals surface area (Å²) in [4.78, 5) is 13.1. The fourth-order valence-corrected chi connectivity index (χ4v) is 5.08. The highest BCUT2D eigenvalue weighted by atomic mass is 32.2. The van der Waals surface area contributed by atoms with E-state index >= 15 is 0 Å². The van der Waals surface area contributed by atoms with Crippen LogP contribution in [0, 0.1) is 0 Å². The first-order chi connectivity index (χ1) is 21.4. The van der Waals surface area contributed by atoms with E-state index in [0.717, 1.165) is 27.7 Å². The Morgan fingerprint density at radius 3 is 2.34 bits per heavy atom. The normalized spacial score (nSPS) is 11.3. The third-order valence-electron chi connectivity index (χ3n) is 6.63. The Labute approximate surface area is 253 Å². The van der Waals surface area contributed by atoms with Gasteiger partial charge in [-0.15, -0.1) is 10.2 Å². The van der Waals surface area contributed by atoms with Crippen molar-refractivity contribution in [3.63, 3.8) is 0 Å². The first kappa shape index (κ1) is 28.6. The van der Waals surface area contributed by atoms with Gasteiger partial charge in [-0.3, -0.25) is 4.55 Å². The molecule has 220 valence electrons. The van der Waals surface area contributed by atoms with Crippen molar-refractivity contribution in [2.45, 2.75) is 6.42 Å². The largest absolute Gasteiger partial charge is 0.438 e. The van der Waals surface area contributed by atoms with Crippen molar-refractivity contribution in [2.24, 2.45) is 0 Å². The van der Waals surface area contributed by atoms with Gasteiger partial charge in [-0.2, -0.15) is 8.42 Å². The van der Waals surface area contributed by atoms with E-state index in [-0.39, 0.29) is 18.7 Å². The maximum absolute atomic E-state index is 10.9. The molecule has 6 aromatic rings. The van der Waals surface area contributed by atoms with E-state index in [2.05, 4.69) is 35.8 Å². The molecule has 3 aromatic carbocycles. The number of hydrogen-bond donors (Lipinski definition) is 3. The maximum atomic E-state index is 10.9. The van der Waals surface area contributed by atoms with E-state index in [4.69, 9.17) is 9.29 Å². The molecule has 0 amide bonds. The van der Waals surface area contributed by atoms with Gasteiger partial charge < -0.3 is 15.4 Å². The zero-order valence-corrected chi connectivity index (χ0v) is 24.1. The lowest BCUT2D eigenvalue weighted by atomic mass is 10.0. The second-order valence-electron chi connectivity index (χ2n) is 9.75. The highest BCUT2D eigenvalue weighted by Gasteiger charge is 2.13. The molecule has 0 aliphatic heterocycles. The van der Waals surface area contributed by atoms with Crippen LogP contribution in [-0.2, 0) is 10.1 Å². The molecule has 0 saturated heterocycles. The van der Waals surface area contributed by atoms with Gasteiger partial charge >= 0.3 is 0 Å². The minimum absolute atomic E-state index is 0.209. The Kier molecular flexibility index (Phi) is 8.34. The van der Waals surface area contributed by atoms with Gasteiger partial charge in [-0.05, 0) is 48.9 Å². The average Bonchev–Trinajstić information content (AvgIpc) is 3.04. The van der Waals surface area contributed by atoms with Crippen molar-refractivity contribution >= 4 is 38.3 Å². The van der Waals surface area contributed by atoms with Crippen LogP contribution in [0.3, 0.4) is 0 Å². The number of ether oxygens (including phenoxy) is 1. The summed E-state index contributed by atoms with van der Waals surface area (Å²) >= 11 is 0. The SMILES string of the molecule is O=S(=O)(O)CCCNc1nccc(-c2cccnc2Oc2ccc(Nc3nnc(-c4ccccc4)c4ccccc34)cc2)n1. The molecule has 11 nitrogen and oxygen atoms in total. The summed E-state index contributed by atoms with van der Waals surface area (Å²) < 4.78 is 36.9. The third-order valence-corrected chi connectivity index (χ3v) is 7.44. The molecule has 0 fully saturated rings. The molecule has 44 heavy (non-hydrogen) atoms. The van der Waals surface area contributed by atoms with E-state index in [1.54, 1.807) is 24.5 Å². The molecule has 0 bridgehead atoms. The van der Waals surface area contributed by atoms with Gasteiger partial charge in [0.05, 0.1) is 17.0 Å². The Hall–Kier alpha value is -5.46. The Morgan fingerprint density at radius 1 is 0.773 bits per heavy atom. The second kappa shape index (κ2) is 12.8. The quantitative estimate of drug-likeness (QED) is 0.111. The zero-order chi connectivity index (χ0) is 30.4. The van der Waals surface area contributed by atoms with Gasteiger partial charge in [0.15, 0.2) is 5.82 Å². The molecule has 0 saturated carbocycles. The highest BCUT2D eigenvalue weighted by Crippen LogP contribution is 2.33. The summed E-state index contributed by atoms with van der Waals surface area (Å²) in [7, 11) is -4.02. The van der Waals surface area contributed by atoms with Crippen LogP contribution >= 0.6 is 0 Å². The third kappa shape index (κ3) is 6.94. The van der Waals surface area contributed by atoms with Gasteiger partial charge in [-0.1, -0.05) is 54.6 Å². The van der Waals surface area contributed by atoms with Gasteiger partial charge in [-0.25, -0.2) is 15.0 Å². The molecule has 0 atom stereocenters. The molecule has 3 N–H and O–H groups in total. The van der Waals surface area contributed by atoms with Crippen LogP contribution in [0.2, 0.25) is 0 Å². The smallest absolute Gasteiger partial charge is 0.264 e. The Morgan fingerprint density at radius 2 is 1.55 bits per heavy atom. The molecule has 6 rings (SSSR count). The Balaban J connectivity index is 1.17. The van der Waals surface area contributed by atoms with Crippen molar-refractivity contribution in [3.05, 3.63) is 109 Å². The lowest BCUT2D eigenvalue weighted by molar-refractivity contribution is 0.465. The predicted molar refractivity (Wildman–Crippen MR) is 170 cm³/mol. The topological polar surface area (TPSA) is 152 Å². The van der Waals surface area contributed by atoms with Crippen molar-refractivity contribution in [1.29, 1.82) is 0 Å². The van der Waals surface area contributed by atoms with Crippen LogP contribution in [-0.4, -0.2) is 50.4 Å². The number of benzene rings is 3. The molecule has 0 unspecified atom stereocenters. The van der Waals surface area contributed by atoms with Crippen LogP contribution < -0.4 is 15.4 Å². The van der Waals surface area contributed by atoms with Gasteiger partial charge in [0.1, 0.15) is 11.4 Å². The van der Waals surface area contributed by atoms with E-state index < -0.39 is 10.1 Å². The fourth-order valence-electron chi connectivity index (χ4n) is 4.58. The van der Waals surface area contributed by atoms with E-state index in [9.17, 15) is 8.42 Å². The zero-order valence-electron chi connectivity index (χ0n) is 23.3. The summed E-state index contributed by atoms with van der Waals surface area (Å²) in [5.41, 5.74) is 3.86. The number of anilines is 3. The average molecular weight is 606 g/mol. The minimum Gasteiger partial charge on any atom is -0.438 e. The number of rotatable bonds is 11. The number of fused-ring (bicyclic) bond motifs is 1. The summed E-state index contributed by atoms with van der Waals surface area (Å²) in [5.74, 6) is 1.54. The molecule has 3 aromatic heterocycles. The van der Waals surface area contributed by atoms with Crippen LogP contribution in [0.4, 0.5) is 17.5 Å². The second-order valence-corrected chi connectivity index (χ2v) is 11.3. The van der Waals surface area contributed by atoms with Crippen molar-refractivity contribution in [3.8, 4) is 34.1 Å². The number of aromatic nitrogens is 5. The number of hydrogen-bond acceptors (Lipinski definition) is 10. The molecule has 12 heteroatoms. The molecule has 3 heterocycles. The predicted octanol–water partition coefficient (Wildman–Crippen LogP) is 6.37. The first-order valence-electron chi connectivity index (χ1n) is 13.8. The van der Waals surface area contributed by atoms with E-state index in [1.165, 1.54) is 0 Å². The summed E-state index contributed by atoms with van der Waals surface area (Å²) in [6.07, 6.45) is 3.43. The maximum Gasteiger partial charge on any atom is 0.264 e. The molecule has 0 spiro atoms. The van der Waals surface area contributed by atoms with Crippen molar-refractivity contribution in [1.82, 2.24) is 25.1 Å². The van der Waals surface area contributed by atoms with E-state index in [1.807, 2.05) is 84.9 Å². The molecular weight excluding hydrogens is 578 g/mol. The van der Waals surface area contributed by atoms with Crippen LogP contribution in [0.15, 0.2) is 109 Å². The van der Waals surface area contributed by atoms with E-state index in [0.29, 0.717) is 34.7 Å². The summed E-state index contributed by atoms with van der Waals surface area (Å²) in [6.45, 7) is 0.276. The highest BCUT2D eigenvalue weighted by molar-refractivity contribution is 7.85. The monoisotopic (exact) mass is 605 g/mol. The molecule has 0 aliphatic carbocycles. The molecule has 0 aliphatic rings. The van der Waals surface area contributed by atoms with Gasteiger partial charge in [0, 0.05) is 41.0 Å². The minimum atomic E-state index is -4.02. The summed E-state index contributed by atoms with van der Waals surface area (Å²) in [5, 5.41) is 17.3. The number of pyridine rings is 1. The van der Waals surface area contributed by atoms with Gasteiger partial charge in [0.2, 0.25) is 11.8 Å². The lowest BCUT2D eigenvalue weighted by Crippen LogP contribution is -2.11.